The van der Waals surface area contributed by atoms with E-state index in [1.807, 2.05) is 5.38 Å². The minimum atomic E-state index is -0.100. The molecule has 7 heteroatoms. The van der Waals surface area contributed by atoms with Gasteiger partial charge in [-0.1, -0.05) is 0 Å². The molecule has 3 rings (SSSR count). The van der Waals surface area contributed by atoms with Crippen molar-refractivity contribution in [1.29, 1.82) is 0 Å². The SMILES string of the molecule is Nc1nc(CC(=O)Nc2nc(C3CC3)cs2)cs1. The van der Waals surface area contributed by atoms with E-state index in [-0.39, 0.29) is 12.3 Å². The fourth-order valence-corrected chi connectivity index (χ4v) is 3.01. The van der Waals surface area contributed by atoms with Gasteiger partial charge in [-0.2, -0.15) is 0 Å². The molecule has 2 aromatic rings. The molecule has 0 unspecified atom stereocenters. The Morgan fingerprint density at radius 3 is 2.89 bits per heavy atom. The first-order chi connectivity index (χ1) is 8.70. The van der Waals surface area contributed by atoms with Crippen LogP contribution in [-0.4, -0.2) is 15.9 Å². The maximum Gasteiger partial charge on any atom is 0.232 e. The van der Waals surface area contributed by atoms with Crippen LogP contribution in [0.25, 0.3) is 0 Å². The number of nitrogen functional groups attached to an aromatic ring is 1. The highest BCUT2D eigenvalue weighted by Crippen LogP contribution is 2.40. The number of rotatable bonds is 4. The van der Waals surface area contributed by atoms with Gasteiger partial charge < -0.3 is 11.1 Å². The van der Waals surface area contributed by atoms with Crippen molar-refractivity contribution < 1.29 is 4.79 Å². The van der Waals surface area contributed by atoms with Crippen LogP contribution in [0.2, 0.25) is 0 Å². The minimum absolute atomic E-state index is 0.100. The number of nitrogens with one attached hydrogen (secondary N) is 1. The fraction of sp³-hybridized carbons (Fsp3) is 0.364. The lowest BCUT2D eigenvalue weighted by Crippen LogP contribution is -2.14. The number of carbonyl (C=O) groups excluding carboxylic acids is 1. The Morgan fingerprint density at radius 1 is 1.39 bits per heavy atom. The van der Waals surface area contributed by atoms with Gasteiger partial charge >= 0.3 is 0 Å². The highest BCUT2D eigenvalue weighted by atomic mass is 32.1. The molecule has 18 heavy (non-hydrogen) atoms. The molecule has 0 aliphatic heterocycles. The molecule has 1 saturated carbocycles. The second kappa shape index (κ2) is 4.66. The second-order valence-corrected chi connectivity index (χ2v) is 6.00. The fourth-order valence-electron chi connectivity index (χ4n) is 1.64. The number of carbonyl (C=O) groups is 1. The zero-order chi connectivity index (χ0) is 12.5. The van der Waals surface area contributed by atoms with Crippen LogP contribution < -0.4 is 11.1 Å². The molecule has 0 spiro atoms. The Kier molecular flexibility index (Phi) is 3.00. The van der Waals surface area contributed by atoms with E-state index in [1.165, 1.54) is 35.5 Å². The van der Waals surface area contributed by atoms with Crippen molar-refractivity contribution >= 4 is 38.8 Å². The smallest absolute Gasteiger partial charge is 0.232 e. The molecule has 0 aromatic carbocycles. The molecule has 0 saturated heterocycles. The summed E-state index contributed by atoms with van der Waals surface area (Å²) in [5.74, 6) is 0.516. The summed E-state index contributed by atoms with van der Waals surface area (Å²) in [6, 6.07) is 0. The van der Waals surface area contributed by atoms with Crippen LogP contribution in [0.3, 0.4) is 0 Å². The summed E-state index contributed by atoms with van der Waals surface area (Å²) >= 11 is 2.82. The maximum atomic E-state index is 11.8. The number of anilines is 2. The number of thiazole rings is 2. The van der Waals surface area contributed by atoms with E-state index in [0.29, 0.717) is 21.9 Å². The Balaban J connectivity index is 1.59. The standard InChI is InChI=1S/C11H12N4OS2/c12-10-13-7(4-17-10)3-9(16)15-11-14-8(5-18-11)6-1-2-6/h4-6H,1-3H2,(H2,12,13)(H,14,15,16). The lowest BCUT2D eigenvalue weighted by atomic mass is 10.3. The van der Waals surface area contributed by atoms with Crippen LogP contribution in [0.4, 0.5) is 10.3 Å². The molecule has 0 atom stereocenters. The largest absolute Gasteiger partial charge is 0.375 e. The van der Waals surface area contributed by atoms with Crippen LogP contribution in [0.5, 0.6) is 0 Å². The molecule has 1 aliphatic carbocycles. The Bertz CT molecular complexity index is 573. The summed E-state index contributed by atoms with van der Waals surface area (Å²) in [4.78, 5) is 20.2. The zero-order valence-corrected chi connectivity index (χ0v) is 11.2. The van der Waals surface area contributed by atoms with Gasteiger partial charge in [0.2, 0.25) is 5.91 Å². The van der Waals surface area contributed by atoms with Crippen LogP contribution in [0.1, 0.15) is 30.1 Å². The molecular formula is C11H12N4OS2. The topological polar surface area (TPSA) is 80.9 Å². The third-order valence-corrected chi connectivity index (χ3v) is 4.17. The summed E-state index contributed by atoms with van der Waals surface area (Å²) in [6.45, 7) is 0. The number of hydrogen-bond acceptors (Lipinski definition) is 6. The van der Waals surface area contributed by atoms with E-state index in [4.69, 9.17) is 5.73 Å². The molecule has 0 bridgehead atoms. The van der Waals surface area contributed by atoms with E-state index in [0.717, 1.165) is 5.69 Å². The predicted octanol–water partition coefficient (Wildman–Crippen LogP) is 2.24. The van der Waals surface area contributed by atoms with Crippen LogP contribution in [-0.2, 0) is 11.2 Å². The number of amides is 1. The predicted molar refractivity (Wildman–Crippen MR) is 72.9 cm³/mol. The average molecular weight is 280 g/mol. The molecule has 1 fully saturated rings. The van der Waals surface area contributed by atoms with E-state index in [2.05, 4.69) is 15.3 Å². The highest BCUT2D eigenvalue weighted by Gasteiger charge is 2.26. The first-order valence-electron chi connectivity index (χ1n) is 5.66. The normalized spacial score (nSPS) is 14.7. The van der Waals surface area contributed by atoms with E-state index in [9.17, 15) is 4.79 Å². The van der Waals surface area contributed by atoms with E-state index >= 15 is 0 Å². The molecule has 2 heterocycles. The van der Waals surface area contributed by atoms with Crippen molar-refractivity contribution in [1.82, 2.24) is 9.97 Å². The lowest BCUT2D eigenvalue weighted by molar-refractivity contribution is -0.115. The van der Waals surface area contributed by atoms with Gasteiger partial charge in [-0.3, -0.25) is 4.79 Å². The summed E-state index contributed by atoms with van der Waals surface area (Å²) in [5, 5.41) is 7.78. The van der Waals surface area contributed by atoms with Crippen molar-refractivity contribution in [2.75, 3.05) is 11.1 Å². The average Bonchev–Trinajstić information content (AvgIpc) is 2.95. The van der Waals surface area contributed by atoms with Crippen LogP contribution >= 0.6 is 22.7 Å². The van der Waals surface area contributed by atoms with Gasteiger partial charge in [0.25, 0.3) is 0 Å². The molecule has 3 N–H and O–H groups in total. The monoisotopic (exact) mass is 280 g/mol. The molecule has 2 aromatic heterocycles. The first kappa shape index (κ1) is 11.6. The number of aromatic nitrogens is 2. The summed E-state index contributed by atoms with van der Waals surface area (Å²) in [6.07, 6.45) is 2.68. The van der Waals surface area contributed by atoms with Gasteiger partial charge in [0, 0.05) is 16.7 Å². The van der Waals surface area contributed by atoms with Gasteiger partial charge in [-0.25, -0.2) is 9.97 Å². The highest BCUT2D eigenvalue weighted by molar-refractivity contribution is 7.14. The summed E-state index contributed by atoms with van der Waals surface area (Å²) in [7, 11) is 0. The van der Waals surface area contributed by atoms with Gasteiger partial charge in [-0.15, -0.1) is 22.7 Å². The Labute approximate surface area is 112 Å². The van der Waals surface area contributed by atoms with E-state index in [1.54, 1.807) is 5.38 Å². The Hall–Kier alpha value is -1.47. The zero-order valence-electron chi connectivity index (χ0n) is 9.55. The van der Waals surface area contributed by atoms with Gasteiger partial charge in [0.1, 0.15) is 0 Å². The number of nitrogens with two attached hydrogens (primary N) is 1. The first-order valence-corrected chi connectivity index (χ1v) is 7.42. The number of nitrogens with zero attached hydrogens (tertiary/aromatic N) is 2. The van der Waals surface area contributed by atoms with Crippen molar-refractivity contribution in [3.8, 4) is 0 Å². The summed E-state index contributed by atoms with van der Waals surface area (Å²) < 4.78 is 0. The van der Waals surface area contributed by atoms with Crippen LogP contribution in [0, 0.1) is 0 Å². The third-order valence-electron chi connectivity index (χ3n) is 2.68. The maximum absolute atomic E-state index is 11.8. The summed E-state index contributed by atoms with van der Waals surface area (Å²) in [5.41, 5.74) is 7.32. The molecule has 1 aliphatic rings. The van der Waals surface area contributed by atoms with Crippen molar-refractivity contribution in [2.45, 2.75) is 25.2 Å². The van der Waals surface area contributed by atoms with Crippen molar-refractivity contribution in [3.63, 3.8) is 0 Å². The third kappa shape index (κ3) is 2.68. The molecule has 94 valence electrons. The van der Waals surface area contributed by atoms with Crippen molar-refractivity contribution in [2.24, 2.45) is 0 Å². The molecule has 0 radical (unpaired) electrons. The Morgan fingerprint density at radius 2 is 2.22 bits per heavy atom. The molecular weight excluding hydrogens is 268 g/mol. The minimum Gasteiger partial charge on any atom is -0.375 e. The van der Waals surface area contributed by atoms with Gasteiger partial charge in [0.15, 0.2) is 10.3 Å². The van der Waals surface area contributed by atoms with Crippen molar-refractivity contribution in [3.05, 3.63) is 22.1 Å². The quantitative estimate of drug-likeness (QED) is 0.900. The lowest BCUT2D eigenvalue weighted by Gasteiger charge is -1.98. The molecule has 1 amide bonds. The second-order valence-electron chi connectivity index (χ2n) is 4.25. The van der Waals surface area contributed by atoms with Gasteiger partial charge in [0.05, 0.1) is 17.8 Å². The van der Waals surface area contributed by atoms with Crippen LogP contribution in [0.15, 0.2) is 10.8 Å². The van der Waals surface area contributed by atoms with E-state index < -0.39 is 0 Å². The van der Waals surface area contributed by atoms with Gasteiger partial charge in [-0.05, 0) is 12.8 Å². The molecule has 5 nitrogen and oxygen atoms in total. The number of hydrogen-bond donors (Lipinski definition) is 2.